The Morgan fingerprint density at radius 2 is 1.92 bits per heavy atom. The quantitative estimate of drug-likeness (QED) is 0.483. The molecule has 0 spiro atoms. The number of ether oxygens (including phenoxy) is 1. The molecule has 0 radical (unpaired) electrons. The molecule has 0 fully saturated rings. The Kier molecular flexibility index (Phi) is 5.11. The van der Waals surface area contributed by atoms with Gasteiger partial charge in [-0.15, -0.1) is 0 Å². The molecule has 0 aliphatic rings. The molecule has 0 unspecified atom stereocenters. The fourth-order valence-corrected chi connectivity index (χ4v) is 0.748. The largest absolute Gasteiger partial charge is 0.466 e. The van der Waals surface area contributed by atoms with E-state index >= 15 is 0 Å². The lowest BCUT2D eigenvalue weighted by atomic mass is 10.3. The molecular weight excluding hydrogens is 170 g/mol. The minimum atomic E-state index is -0.458. The Morgan fingerprint density at radius 1 is 1.38 bits per heavy atom. The maximum Gasteiger partial charge on any atom is 0.315 e. The normalized spacial score (nSPS) is 9.92. The molecule has 0 aromatic carbocycles. The summed E-state index contributed by atoms with van der Waals surface area (Å²) in [7, 11) is 1.67. The van der Waals surface area contributed by atoms with Crippen molar-refractivity contribution < 1.29 is 14.3 Å². The van der Waals surface area contributed by atoms with Gasteiger partial charge in [-0.1, -0.05) is 0 Å². The van der Waals surface area contributed by atoms with Crippen LogP contribution in [-0.2, 0) is 14.3 Å². The van der Waals surface area contributed by atoms with E-state index in [0.717, 1.165) is 0 Å². The van der Waals surface area contributed by atoms with Crippen LogP contribution in [0, 0.1) is 0 Å². The van der Waals surface area contributed by atoms with Gasteiger partial charge < -0.3 is 9.64 Å². The zero-order valence-corrected chi connectivity index (χ0v) is 8.66. The van der Waals surface area contributed by atoms with Crippen molar-refractivity contribution in [3.8, 4) is 0 Å². The maximum atomic E-state index is 11.3. The van der Waals surface area contributed by atoms with Crippen LogP contribution in [0.3, 0.4) is 0 Å². The van der Waals surface area contributed by atoms with Gasteiger partial charge in [-0.2, -0.15) is 0 Å². The number of hydrogen-bond acceptors (Lipinski definition) is 3. The van der Waals surface area contributed by atoms with Gasteiger partial charge in [-0.25, -0.2) is 0 Å². The van der Waals surface area contributed by atoms with Crippen LogP contribution in [0.4, 0.5) is 0 Å². The first-order valence-electron chi connectivity index (χ1n) is 4.40. The fourth-order valence-electron chi connectivity index (χ4n) is 0.748. The highest BCUT2D eigenvalue weighted by atomic mass is 16.5. The zero-order chi connectivity index (χ0) is 10.4. The molecule has 0 aliphatic heterocycles. The number of amides is 1. The van der Waals surface area contributed by atoms with E-state index in [1.54, 1.807) is 14.0 Å². The minimum absolute atomic E-state index is 0.113. The van der Waals surface area contributed by atoms with Gasteiger partial charge in [0.1, 0.15) is 6.42 Å². The highest BCUT2D eigenvalue weighted by molar-refractivity contribution is 5.94. The minimum Gasteiger partial charge on any atom is -0.466 e. The molecule has 0 aromatic heterocycles. The Bertz CT molecular complexity index is 189. The van der Waals surface area contributed by atoms with Crippen LogP contribution in [-0.4, -0.2) is 36.5 Å². The van der Waals surface area contributed by atoms with Crippen molar-refractivity contribution in [2.24, 2.45) is 0 Å². The second kappa shape index (κ2) is 5.56. The third-order valence-corrected chi connectivity index (χ3v) is 1.77. The highest BCUT2D eigenvalue weighted by Gasteiger charge is 2.16. The summed E-state index contributed by atoms with van der Waals surface area (Å²) in [5.41, 5.74) is 0. The Hall–Kier alpha value is -1.06. The number of esters is 1. The second-order valence-electron chi connectivity index (χ2n) is 3.08. The maximum absolute atomic E-state index is 11.3. The van der Waals surface area contributed by atoms with Gasteiger partial charge in [0.25, 0.3) is 0 Å². The van der Waals surface area contributed by atoms with Crippen LogP contribution < -0.4 is 0 Å². The lowest BCUT2D eigenvalue weighted by Crippen LogP contribution is -2.34. The molecule has 1 amide bonds. The predicted molar refractivity (Wildman–Crippen MR) is 49.2 cm³/mol. The number of rotatable bonds is 4. The molecule has 0 saturated carbocycles. The summed E-state index contributed by atoms with van der Waals surface area (Å²) in [4.78, 5) is 23.7. The van der Waals surface area contributed by atoms with Crippen molar-refractivity contribution in [3.63, 3.8) is 0 Å². The highest BCUT2D eigenvalue weighted by Crippen LogP contribution is 1.98. The summed E-state index contributed by atoms with van der Waals surface area (Å²) >= 11 is 0. The third kappa shape index (κ3) is 4.50. The van der Waals surface area contributed by atoms with E-state index in [9.17, 15) is 9.59 Å². The number of nitrogens with zero attached hydrogens (tertiary/aromatic N) is 1. The topological polar surface area (TPSA) is 46.6 Å². The smallest absolute Gasteiger partial charge is 0.315 e. The average molecular weight is 187 g/mol. The van der Waals surface area contributed by atoms with Crippen molar-refractivity contribution in [2.75, 3.05) is 13.7 Å². The van der Waals surface area contributed by atoms with Crippen LogP contribution in [0.15, 0.2) is 0 Å². The molecule has 0 N–H and O–H groups in total. The van der Waals surface area contributed by atoms with Crippen LogP contribution in [0.1, 0.15) is 27.2 Å². The van der Waals surface area contributed by atoms with E-state index < -0.39 is 5.97 Å². The summed E-state index contributed by atoms with van der Waals surface area (Å²) in [6, 6.07) is 0.113. The summed E-state index contributed by atoms with van der Waals surface area (Å²) in [5, 5.41) is 0. The van der Waals surface area contributed by atoms with Crippen molar-refractivity contribution in [1.82, 2.24) is 4.90 Å². The van der Waals surface area contributed by atoms with Gasteiger partial charge >= 0.3 is 5.97 Å². The van der Waals surface area contributed by atoms with Crippen molar-refractivity contribution >= 4 is 11.9 Å². The van der Waals surface area contributed by atoms with Gasteiger partial charge in [-0.05, 0) is 20.8 Å². The molecule has 13 heavy (non-hydrogen) atoms. The second-order valence-corrected chi connectivity index (χ2v) is 3.08. The van der Waals surface area contributed by atoms with E-state index in [1.807, 2.05) is 13.8 Å². The van der Waals surface area contributed by atoms with E-state index in [2.05, 4.69) is 4.74 Å². The molecule has 76 valence electrons. The molecule has 0 rings (SSSR count). The fraction of sp³-hybridized carbons (Fsp3) is 0.778. The molecule has 0 aromatic rings. The third-order valence-electron chi connectivity index (χ3n) is 1.77. The van der Waals surface area contributed by atoms with Crippen molar-refractivity contribution in [2.45, 2.75) is 33.2 Å². The van der Waals surface area contributed by atoms with Crippen LogP contribution in [0.2, 0.25) is 0 Å². The Morgan fingerprint density at radius 3 is 2.31 bits per heavy atom. The zero-order valence-electron chi connectivity index (χ0n) is 8.66. The van der Waals surface area contributed by atoms with Gasteiger partial charge in [0.05, 0.1) is 6.61 Å². The summed E-state index contributed by atoms with van der Waals surface area (Å²) < 4.78 is 4.66. The summed E-state index contributed by atoms with van der Waals surface area (Å²) in [5.74, 6) is -0.659. The monoisotopic (exact) mass is 187 g/mol. The molecule has 4 heteroatoms. The first-order valence-corrected chi connectivity index (χ1v) is 4.40. The van der Waals surface area contributed by atoms with Gasteiger partial charge in [0.2, 0.25) is 5.91 Å². The summed E-state index contributed by atoms with van der Waals surface area (Å²) in [6.45, 7) is 5.82. The standard InChI is InChI=1S/C9H17NO3/c1-5-13-9(12)6-8(11)10(4)7(2)3/h7H,5-6H2,1-4H3. The van der Waals surface area contributed by atoms with Gasteiger partial charge in [0.15, 0.2) is 0 Å². The lowest BCUT2D eigenvalue weighted by molar-refractivity contribution is -0.148. The molecule has 0 heterocycles. The van der Waals surface area contributed by atoms with Gasteiger partial charge in [0, 0.05) is 13.1 Å². The SMILES string of the molecule is CCOC(=O)CC(=O)N(C)C(C)C. The molecule has 4 nitrogen and oxygen atoms in total. The van der Waals surface area contributed by atoms with Crippen molar-refractivity contribution in [1.29, 1.82) is 0 Å². The van der Waals surface area contributed by atoms with E-state index in [0.29, 0.717) is 6.61 Å². The number of carbonyl (C=O) groups is 2. The lowest BCUT2D eigenvalue weighted by Gasteiger charge is -2.20. The molecule has 0 atom stereocenters. The predicted octanol–water partition coefficient (Wildman–Crippen LogP) is 0.806. The average Bonchev–Trinajstić information content (AvgIpc) is 2.03. The van der Waals surface area contributed by atoms with Crippen molar-refractivity contribution in [3.05, 3.63) is 0 Å². The van der Waals surface area contributed by atoms with Crippen LogP contribution in [0.5, 0.6) is 0 Å². The van der Waals surface area contributed by atoms with Crippen LogP contribution in [0.25, 0.3) is 0 Å². The number of hydrogen-bond donors (Lipinski definition) is 0. The molecular formula is C9H17NO3. The van der Waals surface area contributed by atoms with E-state index in [-0.39, 0.29) is 18.4 Å². The summed E-state index contributed by atoms with van der Waals surface area (Å²) in [6.07, 6.45) is -0.164. The molecule has 0 saturated heterocycles. The Balaban J connectivity index is 3.93. The first kappa shape index (κ1) is 11.9. The van der Waals surface area contributed by atoms with E-state index in [1.165, 1.54) is 4.90 Å². The van der Waals surface area contributed by atoms with Gasteiger partial charge in [-0.3, -0.25) is 9.59 Å². The Labute approximate surface area is 78.9 Å². The molecule has 0 aliphatic carbocycles. The van der Waals surface area contributed by atoms with E-state index in [4.69, 9.17) is 0 Å². The molecule has 0 bridgehead atoms. The van der Waals surface area contributed by atoms with Crippen LogP contribution >= 0.6 is 0 Å². The first-order chi connectivity index (χ1) is 5.99. The number of carbonyl (C=O) groups excluding carboxylic acids is 2.